The Morgan fingerprint density at radius 1 is 1.12 bits per heavy atom. The smallest absolute Gasteiger partial charge is 0.229 e. The van der Waals surface area contributed by atoms with E-state index >= 15 is 0 Å². The lowest BCUT2D eigenvalue weighted by atomic mass is 10.1. The molecule has 0 unspecified atom stereocenters. The van der Waals surface area contributed by atoms with Gasteiger partial charge in [0.2, 0.25) is 5.95 Å². The minimum atomic E-state index is 0.474. The van der Waals surface area contributed by atoms with Gasteiger partial charge in [-0.05, 0) is 42.3 Å². The normalized spacial score (nSPS) is 10.0. The fourth-order valence-corrected chi connectivity index (χ4v) is 2.55. The lowest BCUT2D eigenvalue weighted by molar-refractivity contribution is 0.410. The van der Waals surface area contributed by atoms with Crippen molar-refractivity contribution in [1.29, 1.82) is 5.26 Å². The van der Waals surface area contributed by atoms with Crippen LogP contribution in [0, 0.1) is 11.3 Å². The van der Waals surface area contributed by atoms with Crippen molar-refractivity contribution in [2.45, 2.75) is 6.42 Å². The number of hydrogen-bond acceptors (Lipinski definition) is 6. The van der Waals surface area contributed by atoms with Gasteiger partial charge >= 0.3 is 0 Å². The van der Waals surface area contributed by atoms with Gasteiger partial charge in [0, 0.05) is 18.4 Å². The summed E-state index contributed by atoms with van der Waals surface area (Å²) in [6.07, 6.45) is 2.51. The van der Waals surface area contributed by atoms with Crippen LogP contribution in [0.4, 0.5) is 17.5 Å². The van der Waals surface area contributed by atoms with Crippen molar-refractivity contribution in [3.05, 3.63) is 71.9 Å². The molecule has 0 bridgehead atoms. The van der Waals surface area contributed by atoms with E-state index < -0.39 is 0 Å². The molecule has 3 aromatic rings. The summed E-state index contributed by atoms with van der Waals surface area (Å²) in [7, 11) is 1.68. The van der Waals surface area contributed by atoms with Crippen molar-refractivity contribution in [2.24, 2.45) is 0 Å². The zero-order chi connectivity index (χ0) is 18.2. The summed E-state index contributed by atoms with van der Waals surface area (Å²) >= 11 is 0. The zero-order valence-electron chi connectivity index (χ0n) is 14.4. The number of aromatic nitrogens is 2. The molecule has 0 fully saturated rings. The van der Waals surface area contributed by atoms with Crippen LogP contribution in [0.3, 0.4) is 0 Å². The van der Waals surface area contributed by atoms with Crippen LogP contribution in [0.15, 0.2) is 60.8 Å². The molecule has 2 N–H and O–H groups in total. The molecule has 130 valence electrons. The van der Waals surface area contributed by atoms with Crippen LogP contribution in [0.25, 0.3) is 0 Å². The third-order valence-electron chi connectivity index (χ3n) is 3.80. The van der Waals surface area contributed by atoms with Crippen molar-refractivity contribution in [1.82, 2.24) is 9.97 Å². The number of methoxy groups -OCH3 is 1. The van der Waals surface area contributed by atoms with Crippen molar-refractivity contribution in [2.75, 3.05) is 24.3 Å². The summed E-state index contributed by atoms with van der Waals surface area (Å²) in [6.45, 7) is 0.723. The Morgan fingerprint density at radius 2 is 2.00 bits per heavy atom. The fraction of sp³-hybridized carbons (Fsp3) is 0.150. The summed E-state index contributed by atoms with van der Waals surface area (Å²) < 4.78 is 5.37. The molecule has 26 heavy (non-hydrogen) atoms. The number of ether oxygens (including phenoxy) is 1. The van der Waals surface area contributed by atoms with Gasteiger partial charge in [-0.15, -0.1) is 0 Å². The van der Waals surface area contributed by atoms with E-state index in [1.165, 1.54) is 0 Å². The average Bonchev–Trinajstić information content (AvgIpc) is 2.69. The van der Waals surface area contributed by atoms with E-state index in [-0.39, 0.29) is 0 Å². The molecule has 6 nitrogen and oxygen atoms in total. The highest BCUT2D eigenvalue weighted by Gasteiger charge is 2.03. The molecule has 1 heterocycles. The molecule has 0 aliphatic carbocycles. The number of anilines is 3. The van der Waals surface area contributed by atoms with Gasteiger partial charge in [0.1, 0.15) is 11.6 Å². The van der Waals surface area contributed by atoms with Gasteiger partial charge < -0.3 is 15.4 Å². The summed E-state index contributed by atoms with van der Waals surface area (Å²) in [5, 5.41) is 15.4. The van der Waals surface area contributed by atoms with Gasteiger partial charge in [-0.1, -0.05) is 24.3 Å². The molecule has 0 aliphatic rings. The van der Waals surface area contributed by atoms with Crippen molar-refractivity contribution < 1.29 is 4.74 Å². The first-order chi connectivity index (χ1) is 12.8. The Kier molecular flexibility index (Phi) is 5.63. The highest BCUT2D eigenvalue weighted by atomic mass is 16.5. The Labute approximate surface area is 152 Å². The Morgan fingerprint density at radius 3 is 2.85 bits per heavy atom. The predicted octanol–water partition coefficient (Wildman–Crippen LogP) is 3.76. The lowest BCUT2D eigenvalue weighted by Crippen LogP contribution is -2.08. The maximum atomic E-state index is 8.97. The van der Waals surface area contributed by atoms with Crippen LogP contribution in [-0.2, 0) is 6.42 Å². The number of nitriles is 1. The van der Waals surface area contributed by atoms with Crippen LogP contribution < -0.4 is 15.4 Å². The SMILES string of the molecule is COc1ccccc1CCNc1ccnc(Nc2cccc(C#N)c2)n1. The minimum Gasteiger partial charge on any atom is -0.496 e. The first-order valence-electron chi connectivity index (χ1n) is 8.24. The molecule has 0 radical (unpaired) electrons. The van der Waals surface area contributed by atoms with Crippen LogP contribution in [-0.4, -0.2) is 23.6 Å². The van der Waals surface area contributed by atoms with Gasteiger partial charge in [-0.25, -0.2) is 4.98 Å². The third-order valence-corrected chi connectivity index (χ3v) is 3.80. The van der Waals surface area contributed by atoms with E-state index in [1.807, 2.05) is 36.4 Å². The summed E-state index contributed by atoms with van der Waals surface area (Å²) in [5.41, 5.74) is 2.50. The van der Waals surface area contributed by atoms with E-state index in [1.54, 1.807) is 25.4 Å². The number of nitrogens with one attached hydrogen (secondary N) is 2. The maximum Gasteiger partial charge on any atom is 0.229 e. The van der Waals surface area contributed by atoms with E-state index in [9.17, 15) is 0 Å². The highest BCUT2D eigenvalue weighted by Crippen LogP contribution is 2.18. The zero-order valence-corrected chi connectivity index (χ0v) is 14.4. The fourth-order valence-electron chi connectivity index (χ4n) is 2.55. The molecule has 0 aliphatic heterocycles. The van der Waals surface area contributed by atoms with Gasteiger partial charge in [0.25, 0.3) is 0 Å². The largest absolute Gasteiger partial charge is 0.496 e. The lowest BCUT2D eigenvalue weighted by Gasteiger charge is -2.10. The molecular formula is C20H19N5O. The minimum absolute atomic E-state index is 0.474. The molecule has 1 aromatic heterocycles. The molecule has 2 aromatic carbocycles. The number of rotatable bonds is 7. The van der Waals surface area contributed by atoms with Crippen LogP contribution >= 0.6 is 0 Å². The molecule has 0 spiro atoms. The van der Waals surface area contributed by atoms with E-state index in [4.69, 9.17) is 10.00 Å². The van der Waals surface area contributed by atoms with Gasteiger partial charge in [0.15, 0.2) is 0 Å². The molecule has 0 atom stereocenters. The molecule has 6 heteroatoms. The maximum absolute atomic E-state index is 8.97. The summed E-state index contributed by atoms with van der Waals surface area (Å²) in [4.78, 5) is 8.67. The summed E-state index contributed by atoms with van der Waals surface area (Å²) in [5.74, 6) is 2.09. The van der Waals surface area contributed by atoms with E-state index in [0.717, 1.165) is 35.8 Å². The van der Waals surface area contributed by atoms with E-state index in [2.05, 4.69) is 32.7 Å². The number of benzene rings is 2. The van der Waals surface area contributed by atoms with Crippen LogP contribution in [0.2, 0.25) is 0 Å². The number of nitrogens with zero attached hydrogens (tertiary/aromatic N) is 3. The first kappa shape index (κ1) is 17.2. The monoisotopic (exact) mass is 345 g/mol. The van der Waals surface area contributed by atoms with Crippen molar-refractivity contribution in [3.63, 3.8) is 0 Å². The number of hydrogen-bond donors (Lipinski definition) is 2. The standard InChI is InChI=1S/C20H19N5O/c1-26-18-8-3-2-6-16(18)9-11-22-19-10-12-23-20(25-19)24-17-7-4-5-15(13-17)14-21/h2-8,10,12-13H,9,11H2,1H3,(H2,22,23,24,25). The highest BCUT2D eigenvalue weighted by molar-refractivity contribution is 5.57. The average molecular weight is 345 g/mol. The Bertz CT molecular complexity index is 920. The molecule has 0 amide bonds. The second kappa shape index (κ2) is 8.49. The second-order valence-electron chi connectivity index (χ2n) is 5.57. The van der Waals surface area contributed by atoms with Crippen molar-refractivity contribution in [3.8, 4) is 11.8 Å². The van der Waals surface area contributed by atoms with E-state index in [0.29, 0.717) is 11.5 Å². The molecule has 3 rings (SSSR count). The van der Waals surface area contributed by atoms with Gasteiger partial charge in [0.05, 0.1) is 18.7 Å². The van der Waals surface area contributed by atoms with Crippen LogP contribution in [0.1, 0.15) is 11.1 Å². The van der Waals surface area contributed by atoms with Gasteiger partial charge in [-0.2, -0.15) is 10.2 Å². The molecular weight excluding hydrogens is 326 g/mol. The topological polar surface area (TPSA) is 82.9 Å². The second-order valence-corrected chi connectivity index (χ2v) is 5.57. The Hall–Kier alpha value is -3.59. The quantitative estimate of drug-likeness (QED) is 0.678. The third kappa shape index (κ3) is 4.48. The first-order valence-corrected chi connectivity index (χ1v) is 8.24. The Balaban J connectivity index is 1.61. The molecule has 0 saturated heterocycles. The molecule has 0 saturated carbocycles. The van der Waals surface area contributed by atoms with Gasteiger partial charge in [-0.3, -0.25) is 0 Å². The number of para-hydroxylation sites is 1. The van der Waals surface area contributed by atoms with Crippen LogP contribution in [0.5, 0.6) is 5.75 Å². The summed E-state index contributed by atoms with van der Waals surface area (Å²) in [6, 6.07) is 19.1. The van der Waals surface area contributed by atoms with Crippen molar-refractivity contribution >= 4 is 17.5 Å². The predicted molar refractivity (Wildman–Crippen MR) is 102 cm³/mol.